The van der Waals surface area contributed by atoms with Crippen molar-refractivity contribution in [2.24, 2.45) is 5.73 Å². The van der Waals surface area contributed by atoms with Crippen molar-refractivity contribution in [1.82, 2.24) is 5.32 Å². The van der Waals surface area contributed by atoms with Crippen LogP contribution < -0.4 is 40.6 Å². The van der Waals surface area contributed by atoms with E-state index in [1.807, 2.05) is 60.7 Å². The van der Waals surface area contributed by atoms with Gasteiger partial charge in [-0.1, -0.05) is 80.9 Å². The molecule has 2 aromatic carbocycles. The molecular formula is C31H48ClN2NaO7. The Morgan fingerprint density at radius 2 is 1.10 bits per heavy atom. The van der Waals surface area contributed by atoms with Gasteiger partial charge in [-0.3, -0.25) is 19.2 Å². The number of aryl methyl sites for hydroxylation is 2. The Morgan fingerprint density at radius 3 is 1.50 bits per heavy atom. The smallest absolute Gasteiger partial charge is 0.870 e. The van der Waals surface area contributed by atoms with Gasteiger partial charge in [0.15, 0.2) is 0 Å². The summed E-state index contributed by atoms with van der Waals surface area (Å²) in [6.45, 7) is 1.30. The molecular weight excluding hydrogens is 571 g/mol. The van der Waals surface area contributed by atoms with Gasteiger partial charge < -0.3 is 26.7 Å². The third-order valence-electron chi connectivity index (χ3n) is 5.42. The number of unbranched alkanes of at least 4 members (excludes halogenated alkanes) is 4. The first-order chi connectivity index (χ1) is 18.7. The number of carboxylic acid groups (broad SMARTS) is 2. The summed E-state index contributed by atoms with van der Waals surface area (Å²) >= 11 is 5.19. The molecule has 6 N–H and O–H groups in total. The third-order valence-corrected chi connectivity index (χ3v) is 5.61. The van der Waals surface area contributed by atoms with Gasteiger partial charge in [0.25, 0.3) is 0 Å². The molecule has 0 radical (unpaired) electrons. The Bertz CT molecular complexity index is 935. The fourth-order valence-electron chi connectivity index (χ4n) is 3.28. The van der Waals surface area contributed by atoms with Gasteiger partial charge in [0.2, 0.25) is 11.1 Å². The Balaban J connectivity index is -0.000000270. The fourth-order valence-corrected chi connectivity index (χ4v) is 3.38. The second-order valence-corrected chi connectivity index (χ2v) is 9.30. The maximum Gasteiger partial charge on any atom is 1.00 e. The second-order valence-electron chi connectivity index (χ2n) is 8.87. The molecule has 0 aliphatic heterocycles. The minimum Gasteiger partial charge on any atom is -0.870 e. The van der Waals surface area contributed by atoms with Crippen molar-refractivity contribution in [2.45, 2.75) is 84.5 Å². The molecule has 0 atom stereocenters. The first kappa shape index (κ1) is 46.7. The van der Waals surface area contributed by atoms with Crippen LogP contribution in [0.4, 0.5) is 0 Å². The van der Waals surface area contributed by atoms with Gasteiger partial charge >= 0.3 is 41.5 Å². The average Bonchev–Trinajstić information content (AvgIpc) is 2.92. The van der Waals surface area contributed by atoms with Crippen LogP contribution >= 0.6 is 11.6 Å². The summed E-state index contributed by atoms with van der Waals surface area (Å²) in [5.41, 5.74) is 7.52. The molecule has 2 aromatic rings. The van der Waals surface area contributed by atoms with Gasteiger partial charge in [-0.05, 0) is 67.8 Å². The van der Waals surface area contributed by atoms with E-state index >= 15 is 0 Å². The van der Waals surface area contributed by atoms with Crippen molar-refractivity contribution >= 4 is 34.7 Å². The summed E-state index contributed by atoms with van der Waals surface area (Å²) < 4.78 is 0. The van der Waals surface area contributed by atoms with Crippen molar-refractivity contribution in [1.29, 1.82) is 0 Å². The maximum absolute atomic E-state index is 11.6. The molecule has 42 heavy (non-hydrogen) atoms. The van der Waals surface area contributed by atoms with Crippen molar-refractivity contribution in [2.75, 3.05) is 13.1 Å². The van der Waals surface area contributed by atoms with Crippen LogP contribution in [0.5, 0.6) is 0 Å². The van der Waals surface area contributed by atoms with Crippen LogP contribution in [0.2, 0.25) is 0 Å². The Morgan fingerprint density at radius 1 is 0.667 bits per heavy atom. The van der Waals surface area contributed by atoms with Crippen LogP contribution in [-0.2, 0) is 32.0 Å². The monoisotopic (exact) mass is 618 g/mol. The van der Waals surface area contributed by atoms with Crippen molar-refractivity contribution in [3.63, 3.8) is 0 Å². The summed E-state index contributed by atoms with van der Waals surface area (Å²) in [6.07, 6.45) is 7.88. The van der Waals surface area contributed by atoms with Crippen LogP contribution in [0.3, 0.4) is 0 Å². The number of hydrogen-bond donors (Lipinski definition) is 4. The molecule has 0 bridgehead atoms. The molecule has 11 heteroatoms. The van der Waals surface area contributed by atoms with E-state index in [1.54, 1.807) is 0 Å². The molecule has 0 aromatic heterocycles. The minimum absolute atomic E-state index is 0. The van der Waals surface area contributed by atoms with Crippen molar-refractivity contribution in [3.05, 3.63) is 71.8 Å². The zero-order chi connectivity index (χ0) is 29.1. The van der Waals surface area contributed by atoms with Gasteiger partial charge in [-0.25, -0.2) is 0 Å². The number of aliphatic carboxylic acids is 2. The van der Waals surface area contributed by atoms with Crippen molar-refractivity contribution < 1.29 is 64.4 Å². The molecule has 232 valence electrons. The van der Waals surface area contributed by atoms with E-state index in [0.717, 1.165) is 50.5 Å². The van der Waals surface area contributed by atoms with E-state index in [2.05, 4.69) is 5.32 Å². The number of rotatable bonds is 17. The minimum atomic E-state index is -0.758. The Labute approximate surface area is 278 Å². The van der Waals surface area contributed by atoms with Gasteiger partial charge in [0.05, 0.1) is 0 Å². The molecule has 0 saturated carbocycles. The van der Waals surface area contributed by atoms with Gasteiger partial charge in [-0.2, -0.15) is 0 Å². The number of amides is 1. The first-order valence-corrected chi connectivity index (χ1v) is 13.8. The number of halogens is 1. The van der Waals surface area contributed by atoms with Crippen LogP contribution in [0.1, 0.15) is 82.8 Å². The number of nitrogens with two attached hydrogens (primary N) is 1. The number of nitrogens with one attached hydrogen (secondary N) is 1. The van der Waals surface area contributed by atoms with Gasteiger partial charge in [-0.15, -0.1) is 0 Å². The molecule has 0 saturated heterocycles. The average molecular weight is 619 g/mol. The second kappa shape index (κ2) is 33.2. The first-order valence-electron chi connectivity index (χ1n) is 13.4. The molecule has 0 aliphatic rings. The zero-order valence-corrected chi connectivity index (χ0v) is 26.9. The normalized spacial score (nSPS) is 9.10. The molecule has 0 heterocycles. The number of benzene rings is 2. The van der Waals surface area contributed by atoms with E-state index < -0.39 is 11.9 Å². The summed E-state index contributed by atoms with van der Waals surface area (Å²) in [7, 11) is 0. The molecule has 0 unspecified atom stereocenters. The summed E-state index contributed by atoms with van der Waals surface area (Å²) in [5.74, 6) is -1.42. The van der Waals surface area contributed by atoms with E-state index in [0.29, 0.717) is 32.4 Å². The molecule has 2 rings (SSSR count). The molecule has 0 aliphatic carbocycles. The molecule has 0 spiro atoms. The SMILES string of the molecule is C.NCCCCCC(=O)O.O=C(Cl)CCc1ccccc1.O=C(O)CCCCCNC(=O)CCc1ccccc1.[Na+].[OH-]. The van der Waals surface area contributed by atoms with Crippen LogP contribution in [-0.4, -0.2) is 51.9 Å². The van der Waals surface area contributed by atoms with E-state index in [-0.39, 0.29) is 66.5 Å². The number of hydrogen-bond acceptors (Lipinski definition) is 6. The third kappa shape index (κ3) is 33.9. The van der Waals surface area contributed by atoms with Gasteiger partial charge in [0, 0.05) is 32.2 Å². The van der Waals surface area contributed by atoms with E-state index in [1.165, 1.54) is 5.56 Å². The molecule has 1 amide bonds. The van der Waals surface area contributed by atoms with Crippen LogP contribution in [0.15, 0.2) is 60.7 Å². The predicted molar refractivity (Wildman–Crippen MR) is 163 cm³/mol. The van der Waals surface area contributed by atoms with Crippen molar-refractivity contribution in [3.8, 4) is 0 Å². The van der Waals surface area contributed by atoms with Gasteiger partial charge in [0.1, 0.15) is 0 Å². The molecule has 9 nitrogen and oxygen atoms in total. The predicted octanol–water partition coefficient (Wildman–Crippen LogP) is 2.82. The summed E-state index contributed by atoms with van der Waals surface area (Å²) in [5, 5.41) is 19.2. The standard InChI is InChI=1S/C15H21NO3.C9H9ClO.C6H13NO2.CH4.Na.H2O/c17-14(11-10-13-7-3-1-4-8-13)16-12-6-2-5-9-15(18)19;10-9(11)7-6-8-4-2-1-3-5-8;7-5-3-1-2-4-6(8)9;;;/h1,3-4,7-8H,2,5-6,9-12H2,(H,16,17)(H,18,19);1-5H,6-7H2;1-5,7H2,(H,8,9);1H4;;1H2/q;;;;+1;/p-1. The fraction of sp³-hybridized carbons (Fsp3) is 0.484. The Kier molecular flexibility index (Phi) is 36.9. The maximum atomic E-state index is 11.6. The summed E-state index contributed by atoms with van der Waals surface area (Å²) in [6, 6.07) is 19.7. The quantitative estimate of drug-likeness (QED) is 0.119. The largest absolute Gasteiger partial charge is 1.00 e. The topological polar surface area (TPSA) is 177 Å². The molecule has 0 fully saturated rings. The number of carbonyl (C=O) groups is 4. The van der Waals surface area contributed by atoms with Crippen LogP contribution in [0.25, 0.3) is 0 Å². The number of carbonyl (C=O) groups excluding carboxylic acids is 2. The van der Waals surface area contributed by atoms with Crippen LogP contribution in [0, 0.1) is 0 Å². The number of carboxylic acids is 2. The Hall–Kier alpha value is -2.27. The van der Waals surface area contributed by atoms with E-state index in [9.17, 15) is 19.2 Å². The van der Waals surface area contributed by atoms with E-state index in [4.69, 9.17) is 27.5 Å². The zero-order valence-electron chi connectivity index (χ0n) is 24.1. The summed E-state index contributed by atoms with van der Waals surface area (Å²) in [4.78, 5) is 42.2.